The van der Waals surface area contributed by atoms with Crippen LogP contribution in [0.1, 0.15) is 35.2 Å². The van der Waals surface area contributed by atoms with Gasteiger partial charge < -0.3 is 20.4 Å². The lowest BCUT2D eigenvalue weighted by Crippen LogP contribution is -2.41. The number of carbonyl (C=O) groups is 1. The van der Waals surface area contributed by atoms with Crippen LogP contribution in [-0.2, 0) is 0 Å². The molecule has 0 aliphatic rings. The van der Waals surface area contributed by atoms with Gasteiger partial charge in [-0.05, 0) is 30.5 Å². The second-order valence-corrected chi connectivity index (χ2v) is 6.28. The molecule has 2 aromatic rings. The first-order valence-corrected chi connectivity index (χ1v) is 8.96. The zero-order chi connectivity index (χ0) is 17.2. The van der Waals surface area contributed by atoms with Crippen molar-refractivity contribution in [1.82, 2.24) is 16.0 Å². The molecule has 3 N–H and O–H groups in total. The molecule has 1 amide bonds. The van der Waals surface area contributed by atoms with Crippen molar-refractivity contribution in [1.29, 1.82) is 0 Å². The fourth-order valence-corrected chi connectivity index (χ4v) is 2.86. The van der Waals surface area contributed by atoms with Crippen molar-refractivity contribution in [2.45, 2.75) is 19.8 Å². The molecule has 1 unspecified atom stereocenters. The van der Waals surface area contributed by atoms with Crippen LogP contribution in [-0.4, -0.2) is 38.0 Å². The van der Waals surface area contributed by atoms with Crippen LogP contribution in [0.5, 0.6) is 0 Å². The number of nitrogens with zero attached hydrogens (tertiary/aromatic N) is 1. The Kier molecular flexibility index (Phi) is 10.2. The molecular weight excluding hydrogens is 451 g/mol. The Labute approximate surface area is 169 Å². The summed E-state index contributed by atoms with van der Waals surface area (Å²) in [5.41, 5.74) is 0. The van der Waals surface area contributed by atoms with Crippen molar-refractivity contribution in [3.8, 4) is 0 Å². The summed E-state index contributed by atoms with van der Waals surface area (Å²) < 4.78 is 5.04. The first kappa shape index (κ1) is 21.5. The Morgan fingerprint density at radius 2 is 2.04 bits per heavy atom. The van der Waals surface area contributed by atoms with Crippen LogP contribution < -0.4 is 16.0 Å². The van der Waals surface area contributed by atoms with Gasteiger partial charge in [-0.3, -0.25) is 9.79 Å². The first-order valence-electron chi connectivity index (χ1n) is 8.08. The molecular formula is C17H25IN4O2S. The summed E-state index contributed by atoms with van der Waals surface area (Å²) in [6, 6.07) is 7.53. The van der Waals surface area contributed by atoms with E-state index in [1.54, 1.807) is 23.5 Å². The van der Waals surface area contributed by atoms with Gasteiger partial charge in [0, 0.05) is 30.4 Å². The number of hydrogen-bond acceptors (Lipinski definition) is 4. The molecule has 0 fully saturated rings. The SMILES string of the molecule is CCNC(=NCC(C)c1cccs1)NCCNC(=O)c1ccco1.I. The van der Waals surface area contributed by atoms with E-state index in [0.29, 0.717) is 31.3 Å². The number of furan rings is 1. The van der Waals surface area contributed by atoms with Crippen molar-refractivity contribution in [3.05, 3.63) is 46.5 Å². The van der Waals surface area contributed by atoms with Crippen LogP contribution in [0.4, 0.5) is 0 Å². The predicted molar refractivity (Wildman–Crippen MR) is 113 cm³/mol. The Hall–Kier alpha value is -1.55. The molecule has 0 aromatic carbocycles. The second kappa shape index (κ2) is 11.9. The van der Waals surface area contributed by atoms with Gasteiger partial charge in [-0.25, -0.2) is 0 Å². The second-order valence-electron chi connectivity index (χ2n) is 5.30. The van der Waals surface area contributed by atoms with E-state index < -0.39 is 0 Å². The highest BCUT2D eigenvalue weighted by atomic mass is 127. The van der Waals surface area contributed by atoms with Gasteiger partial charge in [0.15, 0.2) is 11.7 Å². The number of amides is 1. The predicted octanol–water partition coefficient (Wildman–Crippen LogP) is 3.05. The molecule has 138 valence electrons. The molecule has 0 aliphatic heterocycles. The van der Waals surface area contributed by atoms with E-state index in [1.165, 1.54) is 11.1 Å². The van der Waals surface area contributed by atoms with Crippen LogP contribution in [0.15, 0.2) is 45.3 Å². The van der Waals surface area contributed by atoms with Crippen LogP contribution in [0, 0.1) is 0 Å². The average Bonchev–Trinajstić information content (AvgIpc) is 3.29. The summed E-state index contributed by atoms with van der Waals surface area (Å²) in [4.78, 5) is 17.7. The Morgan fingerprint density at radius 3 is 2.68 bits per heavy atom. The Bertz CT molecular complexity index is 629. The van der Waals surface area contributed by atoms with Crippen LogP contribution in [0.2, 0.25) is 0 Å². The van der Waals surface area contributed by atoms with E-state index in [4.69, 9.17) is 4.42 Å². The number of guanidine groups is 1. The molecule has 1 atom stereocenters. The van der Waals surface area contributed by atoms with Gasteiger partial charge in [0.2, 0.25) is 0 Å². The number of rotatable bonds is 8. The molecule has 2 aromatic heterocycles. The average molecular weight is 476 g/mol. The fourth-order valence-electron chi connectivity index (χ4n) is 2.08. The minimum atomic E-state index is -0.213. The van der Waals surface area contributed by atoms with E-state index >= 15 is 0 Å². The summed E-state index contributed by atoms with van der Waals surface area (Å²) in [7, 11) is 0. The molecule has 0 saturated carbocycles. The highest BCUT2D eigenvalue weighted by molar-refractivity contribution is 14.0. The lowest BCUT2D eigenvalue weighted by atomic mass is 10.1. The lowest BCUT2D eigenvalue weighted by Gasteiger charge is -2.13. The molecule has 2 heterocycles. The largest absolute Gasteiger partial charge is 0.459 e. The highest BCUT2D eigenvalue weighted by Crippen LogP contribution is 2.20. The van der Waals surface area contributed by atoms with Gasteiger partial charge in [0.1, 0.15) is 0 Å². The van der Waals surface area contributed by atoms with Crippen molar-refractivity contribution < 1.29 is 9.21 Å². The zero-order valence-corrected chi connectivity index (χ0v) is 17.6. The highest BCUT2D eigenvalue weighted by Gasteiger charge is 2.08. The van der Waals surface area contributed by atoms with Gasteiger partial charge in [-0.15, -0.1) is 35.3 Å². The van der Waals surface area contributed by atoms with E-state index in [2.05, 4.69) is 45.4 Å². The third-order valence-corrected chi connectivity index (χ3v) is 4.45. The monoisotopic (exact) mass is 476 g/mol. The first-order chi connectivity index (χ1) is 11.7. The molecule has 0 radical (unpaired) electrons. The van der Waals surface area contributed by atoms with Gasteiger partial charge in [0.25, 0.3) is 5.91 Å². The zero-order valence-electron chi connectivity index (χ0n) is 14.5. The van der Waals surface area contributed by atoms with Gasteiger partial charge >= 0.3 is 0 Å². The third kappa shape index (κ3) is 7.47. The molecule has 0 saturated heterocycles. The van der Waals surface area contributed by atoms with E-state index in [-0.39, 0.29) is 29.9 Å². The number of aliphatic imine (C=N–C) groups is 1. The smallest absolute Gasteiger partial charge is 0.287 e. The molecule has 2 rings (SSSR count). The summed E-state index contributed by atoms with van der Waals surface area (Å²) >= 11 is 1.75. The molecule has 0 aliphatic carbocycles. The molecule has 0 spiro atoms. The normalized spacial score (nSPS) is 12.2. The standard InChI is InChI=1S/C17H24N4O2S.HI/c1-3-18-17(21-12-13(2)15-7-5-11-24-15)20-9-8-19-16(22)14-6-4-10-23-14;/h4-7,10-11,13H,3,8-9,12H2,1-2H3,(H,19,22)(H2,18,20,21);1H. The minimum Gasteiger partial charge on any atom is -0.459 e. The van der Waals surface area contributed by atoms with Crippen LogP contribution >= 0.6 is 35.3 Å². The maximum absolute atomic E-state index is 11.7. The molecule has 8 heteroatoms. The molecule has 25 heavy (non-hydrogen) atoms. The fraction of sp³-hybridized carbons (Fsp3) is 0.412. The number of hydrogen-bond donors (Lipinski definition) is 3. The van der Waals surface area contributed by atoms with Crippen molar-refractivity contribution in [3.63, 3.8) is 0 Å². The maximum atomic E-state index is 11.7. The maximum Gasteiger partial charge on any atom is 0.287 e. The Balaban J connectivity index is 0.00000312. The molecule has 0 bridgehead atoms. The Morgan fingerprint density at radius 1 is 1.24 bits per heavy atom. The number of nitrogens with one attached hydrogen (secondary N) is 3. The summed E-state index contributed by atoms with van der Waals surface area (Å²) in [6.45, 7) is 6.78. The van der Waals surface area contributed by atoms with Gasteiger partial charge in [-0.2, -0.15) is 0 Å². The van der Waals surface area contributed by atoms with Gasteiger partial charge in [0.05, 0.1) is 12.8 Å². The topological polar surface area (TPSA) is 78.7 Å². The van der Waals surface area contributed by atoms with E-state index in [9.17, 15) is 4.79 Å². The van der Waals surface area contributed by atoms with Crippen molar-refractivity contribution in [2.75, 3.05) is 26.2 Å². The molecule has 6 nitrogen and oxygen atoms in total. The van der Waals surface area contributed by atoms with E-state index in [1.807, 2.05) is 6.92 Å². The summed E-state index contributed by atoms with van der Waals surface area (Å²) in [6.07, 6.45) is 1.48. The summed E-state index contributed by atoms with van der Waals surface area (Å²) in [5.74, 6) is 1.25. The number of thiophene rings is 1. The van der Waals surface area contributed by atoms with E-state index in [0.717, 1.165) is 12.5 Å². The number of halogens is 1. The third-order valence-electron chi connectivity index (χ3n) is 3.34. The van der Waals surface area contributed by atoms with Gasteiger partial charge in [-0.1, -0.05) is 13.0 Å². The summed E-state index contributed by atoms with van der Waals surface area (Å²) in [5, 5.41) is 11.3. The number of carbonyl (C=O) groups excluding carboxylic acids is 1. The quantitative estimate of drug-likeness (QED) is 0.237. The minimum absolute atomic E-state index is 0. The van der Waals surface area contributed by atoms with Crippen molar-refractivity contribution >= 4 is 47.2 Å². The van der Waals surface area contributed by atoms with Crippen molar-refractivity contribution in [2.24, 2.45) is 4.99 Å². The van der Waals surface area contributed by atoms with Crippen LogP contribution in [0.3, 0.4) is 0 Å². The van der Waals surface area contributed by atoms with Crippen LogP contribution in [0.25, 0.3) is 0 Å². The lowest BCUT2D eigenvalue weighted by molar-refractivity contribution is 0.0926.